The average molecular weight is 240 g/mol. The van der Waals surface area contributed by atoms with Crippen LogP contribution in [0.5, 0.6) is 5.75 Å². The maximum Gasteiger partial charge on any atom is 0.227 e. The molecule has 100 valence electrons. The molecule has 0 fully saturated rings. The molecule has 0 saturated carbocycles. The summed E-state index contributed by atoms with van der Waals surface area (Å²) in [4.78, 5) is 11.5. The van der Waals surface area contributed by atoms with Crippen molar-refractivity contribution in [3.63, 3.8) is 0 Å². The Morgan fingerprint density at radius 3 is 2.35 bits per heavy atom. The van der Waals surface area contributed by atoms with E-state index < -0.39 is 0 Å². The van der Waals surface area contributed by atoms with Crippen LogP contribution in [0.1, 0.15) is 35.1 Å². The van der Waals surface area contributed by atoms with Crippen molar-refractivity contribution >= 4 is 11.6 Å². The van der Waals surface area contributed by atoms with Crippen LogP contribution >= 0.6 is 0 Å². The molecule has 0 aliphatic rings. The second kappa shape index (κ2) is 9.70. The molecule has 0 aliphatic carbocycles. The van der Waals surface area contributed by atoms with Crippen molar-refractivity contribution < 1.29 is 9.90 Å². The second-order valence-electron chi connectivity index (χ2n) is 3.32. The first-order valence-corrected chi connectivity index (χ1v) is 4.74. The van der Waals surface area contributed by atoms with Crippen LogP contribution in [0.4, 0.5) is 5.69 Å². The van der Waals surface area contributed by atoms with Gasteiger partial charge in [-0.2, -0.15) is 0 Å². The minimum atomic E-state index is -0.0611. The first kappa shape index (κ1) is 20.8. The molecule has 0 radical (unpaired) electrons. The van der Waals surface area contributed by atoms with Gasteiger partial charge in [0.2, 0.25) is 5.91 Å². The number of phenols is 1. The average Bonchev–Trinajstić information content (AvgIpc) is 2.20. The quantitative estimate of drug-likeness (QED) is 0.617. The Bertz CT molecular complexity index is 324. The second-order valence-corrected chi connectivity index (χ2v) is 3.32. The lowest BCUT2D eigenvalue weighted by Gasteiger charge is -2.10. The highest BCUT2D eigenvalue weighted by atomic mass is 16.3. The Balaban J connectivity index is -0.000000653. The summed E-state index contributed by atoms with van der Waals surface area (Å²) < 4.78 is 0. The van der Waals surface area contributed by atoms with E-state index in [1.807, 2.05) is 13.8 Å². The summed E-state index contributed by atoms with van der Waals surface area (Å²) in [6.07, 6.45) is 0.791. The maximum absolute atomic E-state index is 11.5. The number of hydrogen-bond donors (Lipinski definition) is 2. The normalized spacial score (nSPS) is 10.0. The number of carbonyl (C=O) groups excluding carboxylic acids is 1. The molecule has 0 saturated heterocycles. The van der Waals surface area contributed by atoms with Gasteiger partial charge in [-0.05, 0) is 18.6 Å². The van der Waals surface area contributed by atoms with Crippen molar-refractivity contribution in [3.05, 3.63) is 31.7 Å². The third kappa shape index (κ3) is 5.95. The maximum atomic E-state index is 11.5. The molecule has 3 heteroatoms. The van der Waals surface area contributed by atoms with Gasteiger partial charge in [0.15, 0.2) is 0 Å². The number of para-hydroxylation sites is 2. The van der Waals surface area contributed by atoms with Gasteiger partial charge in [0.1, 0.15) is 5.75 Å². The third-order valence-electron chi connectivity index (χ3n) is 2.22. The van der Waals surface area contributed by atoms with Crippen molar-refractivity contribution in [2.24, 2.45) is 5.92 Å². The Labute approximate surface area is 106 Å². The molecule has 1 aromatic carbocycles. The van der Waals surface area contributed by atoms with Crippen molar-refractivity contribution in [1.82, 2.24) is 0 Å². The minimum Gasteiger partial charge on any atom is -0.506 e. The first-order chi connectivity index (χ1) is 6.65. The first-order valence-electron chi connectivity index (χ1n) is 4.74. The lowest BCUT2D eigenvalue weighted by molar-refractivity contribution is -0.119. The Kier molecular flexibility index (Phi) is 11.9. The summed E-state index contributed by atoms with van der Waals surface area (Å²) in [6, 6.07) is 6.71. The van der Waals surface area contributed by atoms with Crippen LogP contribution in [-0.4, -0.2) is 11.0 Å². The summed E-state index contributed by atoms with van der Waals surface area (Å²) >= 11 is 0. The van der Waals surface area contributed by atoms with Gasteiger partial charge < -0.3 is 17.8 Å². The summed E-state index contributed by atoms with van der Waals surface area (Å²) in [5, 5.41) is 12.1. The molecule has 0 heterocycles. The van der Waals surface area contributed by atoms with Gasteiger partial charge in [0.05, 0.1) is 5.69 Å². The zero-order valence-corrected chi connectivity index (χ0v) is 9.45. The molecular formula is C14H26NO2-. The van der Waals surface area contributed by atoms with Crippen molar-refractivity contribution in [2.75, 3.05) is 5.32 Å². The number of anilines is 1. The molecule has 1 amide bonds. The molecule has 1 atom stereocenters. The van der Waals surface area contributed by atoms with Gasteiger partial charge in [-0.25, -0.2) is 0 Å². The zero-order chi connectivity index (χ0) is 10.6. The van der Waals surface area contributed by atoms with E-state index in [9.17, 15) is 9.90 Å². The van der Waals surface area contributed by atoms with Crippen LogP contribution in [0.2, 0.25) is 0 Å². The van der Waals surface area contributed by atoms with Crippen molar-refractivity contribution in [2.45, 2.75) is 35.1 Å². The number of benzene rings is 1. The van der Waals surface area contributed by atoms with Crippen LogP contribution < -0.4 is 5.32 Å². The van der Waals surface area contributed by atoms with Crippen LogP contribution in [-0.2, 0) is 4.79 Å². The van der Waals surface area contributed by atoms with E-state index in [2.05, 4.69) is 5.32 Å². The smallest absolute Gasteiger partial charge is 0.227 e. The van der Waals surface area contributed by atoms with E-state index in [1.165, 1.54) is 0 Å². The van der Waals surface area contributed by atoms with E-state index in [0.717, 1.165) is 6.42 Å². The highest BCUT2D eigenvalue weighted by Crippen LogP contribution is 2.22. The number of carbonyl (C=O) groups is 1. The number of rotatable bonds is 3. The molecule has 17 heavy (non-hydrogen) atoms. The lowest BCUT2D eigenvalue weighted by Crippen LogP contribution is -2.19. The fourth-order valence-electron chi connectivity index (χ4n) is 1.02. The highest BCUT2D eigenvalue weighted by Gasteiger charge is 2.11. The number of aromatic hydroxyl groups is 1. The van der Waals surface area contributed by atoms with Gasteiger partial charge in [-0.15, -0.1) is 0 Å². The van der Waals surface area contributed by atoms with Crippen molar-refractivity contribution in [3.8, 4) is 5.75 Å². The van der Waals surface area contributed by atoms with Gasteiger partial charge in [-0.1, -0.05) is 40.8 Å². The monoisotopic (exact) mass is 240 g/mol. The Hall–Kier alpha value is -1.51. The molecular weight excluding hydrogens is 214 g/mol. The standard InChI is InChI=1S/C11H15NO2.2CH4.CH3/c1-3-8(2)11(14)12-9-6-4-5-7-10(9)13;;;/h4-8,13H,3H2,1-2H3,(H,12,14);2*1H4;1H3/q;;;-1. The van der Waals surface area contributed by atoms with E-state index in [0.29, 0.717) is 5.69 Å². The molecule has 0 bridgehead atoms. The topological polar surface area (TPSA) is 49.3 Å². The Morgan fingerprint density at radius 2 is 1.88 bits per heavy atom. The fourth-order valence-corrected chi connectivity index (χ4v) is 1.02. The number of phenolic OH excluding ortho intramolecular Hbond substituents is 1. The van der Waals surface area contributed by atoms with E-state index in [1.54, 1.807) is 24.3 Å². The van der Waals surface area contributed by atoms with Gasteiger partial charge >= 0.3 is 0 Å². The number of amides is 1. The predicted octanol–water partition coefficient (Wildman–Crippen LogP) is 4.10. The highest BCUT2D eigenvalue weighted by molar-refractivity contribution is 5.93. The molecule has 2 N–H and O–H groups in total. The lowest BCUT2D eigenvalue weighted by atomic mass is 10.1. The fraction of sp³-hybridized carbons (Fsp3) is 0.429. The molecule has 0 aliphatic heterocycles. The molecule has 0 aromatic heterocycles. The largest absolute Gasteiger partial charge is 0.506 e. The van der Waals surface area contributed by atoms with E-state index >= 15 is 0 Å². The summed E-state index contributed by atoms with van der Waals surface area (Å²) in [5.41, 5.74) is 0.470. The minimum absolute atomic E-state index is 0. The van der Waals surface area contributed by atoms with Crippen LogP contribution in [0.25, 0.3) is 0 Å². The molecule has 1 unspecified atom stereocenters. The van der Waals surface area contributed by atoms with Crippen LogP contribution in [0, 0.1) is 13.3 Å². The molecule has 0 spiro atoms. The van der Waals surface area contributed by atoms with E-state index in [4.69, 9.17) is 0 Å². The summed E-state index contributed by atoms with van der Waals surface area (Å²) in [5.74, 6) is 0.00718. The van der Waals surface area contributed by atoms with Crippen molar-refractivity contribution in [1.29, 1.82) is 0 Å². The molecule has 3 nitrogen and oxygen atoms in total. The Morgan fingerprint density at radius 1 is 1.35 bits per heavy atom. The molecule has 1 aromatic rings. The SMILES string of the molecule is C.C.CCC(C)C(=O)Nc1ccccc1O.[CH3-]. The molecule has 1 rings (SSSR count). The predicted molar refractivity (Wildman–Crippen MR) is 76.1 cm³/mol. The summed E-state index contributed by atoms with van der Waals surface area (Å²) in [7, 11) is 0. The van der Waals surface area contributed by atoms with Gasteiger partial charge in [-0.3, -0.25) is 4.79 Å². The summed E-state index contributed by atoms with van der Waals surface area (Å²) in [6.45, 7) is 3.81. The number of hydrogen-bond acceptors (Lipinski definition) is 2. The van der Waals surface area contributed by atoms with Gasteiger partial charge in [0.25, 0.3) is 0 Å². The zero-order valence-electron chi connectivity index (χ0n) is 9.45. The number of nitrogens with one attached hydrogen (secondary N) is 1. The van der Waals surface area contributed by atoms with Crippen LogP contribution in [0.15, 0.2) is 24.3 Å². The third-order valence-corrected chi connectivity index (χ3v) is 2.22. The van der Waals surface area contributed by atoms with Gasteiger partial charge in [0, 0.05) is 5.92 Å². The van der Waals surface area contributed by atoms with Crippen LogP contribution in [0.3, 0.4) is 0 Å². The van der Waals surface area contributed by atoms with E-state index in [-0.39, 0.29) is 39.9 Å².